The monoisotopic (exact) mass is 680 g/mol. The van der Waals surface area contributed by atoms with Crippen molar-refractivity contribution in [2.45, 2.75) is 246 Å². The molecule has 1 unspecified atom stereocenters. The van der Waals surface area contributed by atoms with Crippen molar-refractivity contribution >= 4 is 5.97 Å². The molecule has 0 saturated heterocycles. The standard InChI is InChI=1S/C44H89NO3/c1-5-8-11-14-19-26-33-42(4)34-27-20-17-24-31-38-45(40-41-46)39-32-25-18-23-30-37-44(47)48-43(35-28-21-15-12-9-6-2)36-29-22-16-13-10-7-3/h42-43,46H,5-41H2,1-4H3. The highest BCUT2D eigenvalue weighted by Gasteiger charge is 2.14. The van der Waals surface area contributed by atoms with Crippen LogP contribution in [0.25, 0.3) is 0 Å². The molecule has 0 radical (unpaired) electrons. The topological polar surface area (TPSA) is 49.8 Å². The summed E-state index contributed by atoms with van der Waals surface area (Å²) >= 11 is 0. The zero-order valence-electron chi connectivity index (χ0n) is 33.5. The largest absolute Gasteiger partial charge is 0.462 e. The summed E-state index contributed by atoms with van der Waals surface area (Å²) in [5, 5.41) is 9.56. The lowest BCUT2D eigenvalue weighted by atomic mass is 9.96. The molecule has 0 bridgehead atoms. The van der Waals surface area contributed by atoms with E-state index in [0.29, 0.717) is 6.42 Å². The maximum Gasteiger partial charge on any atom is 0.306 e. The summed E-state index contributed by atoms with van der Waals surface area (Å²) in [5.74, 6) is 0.936. The zero-order valence-corrected chi connectivity index (χ0v) is 33.5. The minimum atomic E-state index is 0.0359. The van der Waals surface area contributed by atoms with Gasteiger partial charge < -0.3 is 14.7 Å². The molecule has 4 nitrogen and oxygen atoms in total. The maximum atomic E-state index is 12.7. The number of carbonyl (C=O) groups is 1. The van der Waals surface area contributed by atoms with Gasteiger partial charge in [0.25, 0.3) is 0 Å². The third-order valence-electron chi connectivity index (χ3n) is 10.6. The molecule has 0 aromatic rings. The number of hydrogen-bond acceptors (Lipinski definition) is 4. The number of ether oxygens (including phenoxy) is 1. The van der Waals surface area contributed by atoms with Gasteiger partial charge in [0.05, 0.1) is 6.61 Å². The van der Waals surface area contributed by atoms with Crippen molar-refractivity contribution < 1.29 is 14.6 Å². The van der Waals surface area contributed by atoms with Crippen LogP contribution in [0.15, 0.2) is 0 Å². The molecule has 4 heteroatoms. The van der Waals surface area contributed by atoms with Gasteiger partial charge in [0, 0.05) is 13.0 Å². The van der Waals surface area contributed by atoms with Crippen molar-refractivity contribution in [1.82, 2.24) is 4.90 Å². The van der Waals surface area contributed by atoms with Crippen LogP contribution in [0.1, 0.15) is 240 Å². The first-order valence-electron chi connectivity index (χ1n) is 22.1. The van der Waals surface area contributed by atoms with Gasteiger partial charge in [-0.3, -0.25) is 4.79 Å². The van der Waals surface area contributed by atoms with Gasteiger partial charge in [-0.05, 0) is 64.0 Å². The first-order chi connectivity index (χ1) is 23.6. The summed E-state index contributed by atoms with van der Waals surface area (Å²) in [7, 11) is 0. The molecule has 0 spiro atoms. The number of esters is 1. The Morgan fingerprint density at radius 3 is 1.25 bits per heavy atom. The van der Waals surface area contributed by atoms with Gasteiger partial charge >= 0.3 is 5.97 Å². The number of nitrogens with zero attached hydrogens (tertiary/aromatic N) is 1. The van der Waals surface area contributed by atoms with Gasteiger partial charge in [-0.2, -0.15) is 0 Å². The molecule has 0 aliphatic heterocycles. The lowest BCUT2D eigenvalue weighted by molar-refractivity contribution is -0.150. The van der Waals surface area contributed by atoms with Crippen molar-refractivity contribution in [2.75, 3.05) is 26.2 Å². The molecule has 0 heterocycles. The van der Waals surface area contributed by atoms with Crippen LogP contribution < -0.4 is 0 Å². The second-order valence-electron chi connectivity index (χ2n) is 15.5. The molecule has 0 saturated carbocycles. The average Bonchev–Trinajstić information content (AvgIpc) is 3.08. The number of unbranched alkanes of at least 4 members (excludes halogenated alkanes) is 23. The zero-order chi connectivity index (χ0) is 35.2. The van der Waals surface area contributed by atoms with E-state index >= 15 is 0 Å². The molecule has 0 rings (SSSR count). The van der Waals surface area contributed by atoms with E-state index in [1.54, 1.807) is 0 Å². The van der Waals surface area contributed by atoms with Crippen molar-refractivity contribution in [1.29, 1.82) is 0 Å². The molecule has 0 aromatic heterocycles. The lowest BCUT2D eigenvalue weighted by Crippen LogP contribution is -2.29. The smallest absolute Gasteiger partial charge is 0.306 e. The quantitative estimate of drug-likeness (QED) is 0.0517. The number of aliphatic hydroxyl groups excluding tert-OH is 1. The van der Waals surface area contributed by atoms with Gasteiger partial charge in [0.1, 0.15) is 6.10 Å². The van der Waals surface area contributed by atoms with Crippen LogP contribution >= 0.6 is 0 Å². The van der Waals surface area contributed by atoms with Gasteiger partial charge in [0.2, 0.25) is 0 Å². The van der Waals surface area contributed by atoms with Crippen molar-refractivity contribution in [2.24, 2.45) is 5.92 Å². The van der Waals surface area contributed by atoms with E-state index in [0.717, 1.165) is 51.2 Å². The normalized spacial score (nSPS) is 12.4. The summed E-state index contributed by atoms with van der Waals surface area (Å²) in [6.07, 6.45) is 42.1. The predicted molar refractivity (Wildman–Crippen MR) is 212 cm³/mol. The van der Waals surface area contributed by atoms with Gasteiger partial charge in [-0.15, -0.1) is 0 Å². The number of rotatable bonds is 40. The Bertz CT molecular complexity index is 610. The molecule has 0 aliphatic rings. The van der Waals surface area contributed by atoms with E-state index in [9.17, 15) is 9.90 Å². The molecule has 0 aliphatic carbocycles. The summed E-state index contributed by atoms with van der Waals surface area (Å²) in [6.45, 7) is 12.6. The predicted octanol–water partition coefficient (Wildman–Crippen LogP) is 13.8. The summed E-state index contributed by atoms with van der Waals surface area (Å²) < 4.78 is 6.03. The molecule has 1 N–H and O–H groups in total. The van der Waals surface area contributed by atoms with E-state index in [-0.39, 0.29) is 18.7 Å². The van der Waals surface area contributed by atoms with Crippen molar-refractivity contribution in [3.8, 4) is 0 Å². The SMILES string of the molecule is CCCCCCCCC(C)CCCCCCCN(CCO)CCCCCCCC(=O)OC(CCCCCCCC)CCCCCCCC. The second kappa shape index (κ2) is 39.2. The highest BCUT2D eigenvalue weighted by molar-refractivity contribution is 5.69. The summed E-state index contributed by atoms with van der Waals surface area (Å²) in [4.78, 5) is 15.2. The Morgan fingerprint density at radius 1 is 0.479 bits per heavy atom. The lowest BCUT2D eigenvalue weighted by Gasteiger charge is -2.21. The van der Waals surface area contributed by atoms with E-state index in [4.69, 9.17) is 4.74 Å². The third kappa shape index (κ3) is 35.2. The van der Waals surface area contributed by atoms with Crippen LogP contribution in [0.5, 0.6) is 0 Å². The number of carbonyl (C=O) groups excluding carboxylic acids is 1. The fraction of sp³-hybridized carbons (Fsp3) is 0.977. The average molecular weight is 680 g/mol. The fourth-order valence-corrected chi connectivity index (χ4v) is 7.20. The minimum absolute atomic E-state index is 0.0359. The number of hydrogen-bond donors (Lipinski definition) is 1. The first kappa shape index (κ1) is 47.4. The summed E-state index contributed by atoms with van der Waals surface area (Å²) in [6, 6.07) is 0. The molecular weight excluding hydrogens is 590 g/mol. The van der Waals surface area contributed by atoms with Crippen LogP contribution in [0.4, 0.5) is 0 Å². The van der Waals surface area contributed by atoms with E-state index in [1.807, 2.05) is 0 Å². The fourth-order valence-electron chi connectivity index (χ4n) is 7.20. The Balaban J connectivity index is 3.97. The molecule has 0 aromatic carbocycles. The van der Waals surface area contributed by atoms with E-state index < -0.39 is 0 Å². The molecule has 288 valence electrons. The van der Waals surface area contributed by atoms with E-state index in [2.05, 4.69) is 32.6 Å². The van der Waals surface area contributed by atoms with Crippen LogP contribution in [-0.4, -0.2) is 48.3 Å². The van der Waals surface area contributed by atoms with Crippen molar-refractivity contribution in [3.63, 3.8) is 0 Å². The number of aliphatic hydroxyl groups is 1. The molecule has 48 heavy (non-hydrogen) atoms. The van der Waals surface area contributed by atoms with Crippen LogP contribution in [0, 0.1) is 5.92 Å². The van der Waals surface area contributed by atoms with Crippen LogP contribution in [0.2, 0.25) is 0 Å². The molecule has 0 fully saturated rings. The van der Waals surface area contributed by atoms with Crippen molar-refractivity contribution in [3.05, 3.63) is 0 Å². The van der Waals surface area contributed by atoms with Gasteiger partial charge in [-0.1, -0.05) is 188 Å². The van der Waals surface area contributed by atoms with Gasteiger partial charge in [-0.25, -0.2) is 0 Å². The maximum absolute atomic E-state index is 12.7. The molecule has 1 atom stereocenters. The van der Waals surface area contributed by atoms with Gasteiger partial charge in [0.15, 0.2) is 0 Å². The summed E-state index contributed by atoms with van der Waals surface area (Å²) in [5.41, 5.74) is 0. The Hall–Kier alpha value is -0.610. The Morgan fingerprint density at radius 2 is 0.833 bits per heavy atom. The first-order valence-corrected chi connectivity index (χ1v) is 22.1. The molecule has 0 amide bonds. The minimum Gasteiger partial charge on any atom is -0.462 e. The third-order valence-corrected chi connectivity index (χ3v) is 10.6. The Labute approximate surface area is 302 Å². The van der Waals surface area contributed by atoms with Crippen LogP contribution in [0.3, 0.4) is 0 Å². The Kier molecular flexibility index (Phi) is 38.7. The highest BCUT2D eigenvalue weighted by atomic mass is 16.5. The molecular formula is C44H89NO3. The highest BCUT2D eigenvalue weighted by Crippen LogP contribution is 2.20. The van der Waals surface area contributed by atoms with E-state index in [1.165, 1.54) is 180 Å². The second-order valence-corrected chi connectivity index (χ2v) is 15.5. The van der Waals surface area contributed by atoms with Crippen LogP contribution in [-0.2, 0) is 9.53 Å².